The zero-order chi connectivity index (χ0) is 30.2. The maximum absolute atomic E-state index is 13.9. The molecule has 4 atom stereocenters. The number of benzene rings is 2. The number of aliphatic hydroxyl groups is 1. The van der Waals surface area contributed by atoms with Crippen molar-refractivity contribution in [3.63, 3.8) is 0 Å². The number of aliphatic hydroxyl groups excluding tert-OH is 1. The van der Waals surface area contributed by atoms with Gasteiger partial charge in [-0.05, 0) is 90.9 Å². The van der Waals surface area contributed by atoms with Crippen molar-refractivity contribution in [2.24, 2.45) is 17.8 Å². The second kappa shape index (κ2) is 12.1. The van der Waals surface area contributed by atoms with Gasteiger partial charge >= 0.3 is 14.2 Å². The number of imide groups is 1. The zero-order valence-corrected chi connectivity index (χ0v) is 23.8. The predicted molar refractivity (Wildman–Crippen MR) is 162 cm³/mol. The normalized spacial score (nSPS) is 24.0. The smallest absolute Gasteiger partial charge is 0.459 e. The molecule has 9 nitrogen and oxygen atoms in total. The largest absolute Gasteiger partial charge is 0.488 e. The number of hydrogen-bond acceptors (Lipinski definition) is 8. The van der Waals surface area contributed by atoms with Crippen molar-refractivity contribution in [3.05, 3.63) is 95.0 Å². The molecule has 3 aromatic rings. The van der Waals surface area contributed by atoms with Gasteiger partial charge in [-0.25, -0.2) is 0 Å². The highest BCUT2D eigenvalue weighted by atomic mass is 16.5. The van der Waals surface area contributed by atoms with Gasteiger partial charge in [-0.1, -0.05) is 48.0 Å². The summed E-state index contributed by atoms with van der Waals surface area (Å²) >= 11 is 0. The standard InChI is InChI=1S/C32H33B2NO8/c1-19-14-26-30(32(38)35(31(26)37)23-9-5-8-22(16-23)34(40)41)27-17-33(39)43-28(29(19)27)13-10-21(20-6-3-2-4-7-20)15-24-11-12-25(18-36)42-24/h2-9,11-12,15-16,26-28,30,36,39-41H,10,13-14,17-18H2,1H3/b21-15-/t26-,27+,28-,30-/m1/s1. The Labute approximate surface area is 250 Å². The summed E-state index contributed by atoms with van der Waals surface area (Å²) in [4.78, 5) is 28.7. The average molecular weight is 581 g/mol. The van der Waals surface area contributed by atoms with Crippen molar-refractivity contribution in [3.8, 4) is 0 Å². The number of rotatable bonds is 8. The zero-order valence-electron chi connectivity index (χ0n) is 23.8. The van der Waals surface area contributed by atoms with Crippen molar-refractivity contribution in [1.29, 1.82) is 0 Å². The van der Waals surface area contributed by atoms with Gasteiger partial charge in [0.25, 0.3) is 0 Å². The van der Waals surface area contributed by atoms with Crippen LogP contribution in [-0.4, -0.2) is 52.3 Å². The molecule has 2 aromatic carbocycles. The summed E-state index contributed by atoms with van der Waals surface area (Å²) in [6, 6.07) is 19.6. The maximum atomic E-state index is 13.9. The molecule has 43 heavy (non-hydrogen) atoms. The Morgan fingerprint density at radius 1 is 1.05 bits per heavy atom. The highest BCUT2D eigenvalue weighted by Crippen LogP contribution is 2.51. The Hall–Kier alpha value is -3.73. The number of allylic oxidation sites excluding steroid dienone is 2. The molecule has 2 amide bonds. The lowest BCUT2D eigenvalue weighted by Gasteiger charge is -2.42. The van der Waals surface area contributed by atoms with Crippen LogP contribution in [0.3, 0.4) is 0 Å². The van der Waals surface area contributed by atoms with E-state index in [1.165, 1.54) is 12.1 Å². The lowest BCUT2D eigenvalue weighted by atomic mass is 9.58. The highest BCUT2D eigenvalue weighted by molar-refractivity contribution is 6.58. The van der Waals surface area contributed by atoms with E-state index in [1.54, 1.807) is 18.2 Å². The molecule has 0 unspecified atom stereocenters. The summed E-state index contributed by atoms with van der Waals surface area (Å²) in [5.74, 6) is -1.12. The van der Waals surface area contributed by atoms with E-state index in [1.807, 2.05) is 49.4 Å². The number of carbonyl (C=O) groups excluding carboxylic acids is 2. The van der Waals surface area contributed by atoms with Gasteiger partial charge in [0.2, 0.25) is 11.8 Å². The Bertz CT molecular complexity index is 1580. The fourth-order valence-corrected chi connectivity index (χ4v) is 6.97. The van der Waals surface area contributed by atoms with E-state index in [9.17, 15) is 29.8 Å². The lowest BCUT2D eigenvalue weighted by molar-refractivity contribution is -0.122. The first-order valence-electron chi connectivity index (χ1n) is 14.6. The van der Waals surface area contributed by atoms with Crippen LogP contribution in [-0.2, 0) is 20.9 Å². The topological polar surface area (TPSA) is 141 Å². The molecule has 2 aliphatic heterocycles. The van der Waals surface area contributed by atoms with Gasteiger partial charge in [0, 0.05) is 0 Å². The SMILES string of the molecule is CC1=C2[C@@H](CC/C(=C/c3ccc(CO)o3)c3ccccc3)OB(O)C[C@@H]2[C@@H]2C(=O)N(c3cccc(B(O)O)c3)C(=O)[C@@H]2C1. The third-order valence-corrected chi connectivity index (χ3v) is 8.85. The molecule has 0 spiro atoms. The van der Waals surface area contributed by atoms with Gasteiger partial charge in [-0.3, -0.25) is 14.5 Å². The molecule has 11 heteroatoms. The van der Waals surface area contributed by atoms with E-state index in [2.05, 4.69) is 0 Å². The first-order chi connectivity index (χ1) is 20.7. The molecule has 1 aromatic heterocycles. The minimum atomic E-state index is -1.73. The van der Waals surface area contributed by atoms with Crippen LogP contribution in [0.15, 0.2) is 82.3 Å². The van der Waals surface area contributed by atoms with Crippen LogP contribution in [0.25, 0.3) is 11.6 Å². The number of amides is 2. The molecule has 3 aliphatic rings. The summed E-state index contributed by atoms with van der Waals surface area (Å²) in [5, 5.41) is 39.5. The Balaban J connectivity index is 1.28. The first kappa shape index (κ1) is 29.3. The van der Waals surface area contributed by atoms with Gasteiger partial charge in [-0.2, -0.15) is 0 Å². The average Bonchev–Trinajstić information content (AvgIpc) is 3.56. The monoisotopic (exact) mass is 581 g/mol. The van der Waals surface area contributed by atoms with E-state index in [4.69, 9.17) is 9.07 Å². The molecule has 2 saturated heterocycles. The number of hydrogen-bond donors (Lipinski definition) is 4. The van der Waals surface area contributed by atoms with Crippen LogP contribution in [0, 0.1) is 17.8 Å². The molecule has 4 N–H and O–H groups in total. The predicted octanol–water partition coefficient (Wildman–Crippen LogP) is 2.79. The molecular formula is C32H33B2NO8. The first-order valence-corrected chi connectivity index (χ1v) is 14.6. The van der Waals surface area contributed by atoms with Gasteiger partial charge in [0.1, 0.15) is 18.1 Å². The molecule has 6 rings (SSSR count). The molecule has 1 aliphatic carbocycles. The minimum absolute atomic E-state index is 0.188. The van der Waals surface area contributed by atoms with Crippen LogP contribution < -0.4 is 10.4 Å². The van der Waals surface area contributed by atoms with Gasteiger partial charge in [0.05, 0.1) is 23.6 Å². The fourth-order valence-electron chi connectivity index (χ4n) is 6.97. The van der Waals surface area contributed by atoms with Crippen molar-refractivity contribution in [2.75, 3.05) is 4.90 Å². The van der Waals surface area contributed by atoms with Crippen LogP contribution in [0.2, 0.25) is 6.32 Å². The van der Waals surface area contributed by atoms with Crippen molar-refractivity contribution in [2.45, 2.75) is 45.2 Å². The molecule has 0 radical (unpaired) electrons. The Kier molecular flexibility index (Phi) is 8.26. The number of nitrogens with zero attached hydrogens (tertiary/aromatic N) is 1. The van der Waals surface area contributed by atoms with Crippen LogP contribution >= 0.6 is 0 Å². The van der Waals surface area contributed by atoms with Crippen molar-refractivity contribution in [1.82, 2.24) is 0 Å². The maximum Gasteiger partial charge on any atom is 0.488 e. The second-order valence-electron chi connectivity index (χ2n) is 11.5. The summed E-state index contributed by atoms with van der Waals surface area (Å²) in [5.41, 5.74) is 4.47. The van der Waals surface area contributed by atoms with Crippen molar-refractivity contribution < 1.29 is 38.8 Å². The number of fused-ring (bicyclic) bond motifs is 3. The summed E-state index contributed by atoms with van der Waals surface area (Å²) in [7, 11) is -2.81. The number of furan rings is 1. The van der Waals surface area contributed by atoms with E-state index >= 15 is 0 Å². The van der Waals surface area contributed by atoms with Gasteiger partial charge in [0.15, 0.2) is 0 Å². The summed E-state index contributed by atoms with van der Waals surface area (Å²) in [6.07, 6.45) is 3.24. The van der Waals surface area contributed by atoms with Gasteiger partial charge in [-0.15, -0.1) is 0 Å². The summed E-state index contributed by atoms with van der Waals surface area (Å²) in [6.45, 7) is 1.79. The number of carbonyl (C=O) groups is 2. The quantitative estimate of drug-likeness (QED) is 0.181. The van der Waals surface area contributed by atoms with E-state index in [0.29, 0.717) is 36.5 Å². The Morgan fingerprint density at radius 2 is 1.84 bits per heavy atom. The number of anilines is 1. The minimum Gasteiger partial charge on any atom is -0.459 e. The second-order valence-corrected chi connectivity index (χ2v) is 11.5. The van der Waals surface area contributed by atoms with Crippen molar-refractivity contribution >= 4 is 48.9 Å². The van der Waals surface area contributed by atoms with E-state index in [0.717, 1.165) is 27.2 Å². The fraction of sp³-hybridized carbons (Fsp3) is 0.312. The molecule has 2 fully saturated rings. The lowest BCUT2D eigenvalue weighted by Crippen LogP contribution is -2.46. The highest BCUT2D eigenvalue weighted by Gasteiger charge is 2.57. The van der Waals surface area contributed by atoms with Crippen LogP contribution in [0.1, 0.15) is 43.3 Å². The van der Waals surface area contributed by atoms with Crippen LogP contribution in [0.4, 0.5) is 5.69 Å². The summed E-state index contributed by atoms with van der Waals surface area (Å²) < 4.78 is 11.8. The Morgan fingerprint density at radius 3 is 2.56 bits per heavy atom. The molecule has 0 saturated carbocycles. The van der Waals surface area contributed by atoms with E-state index < -0.39 is 32.2 Å². The molecule has 0 bridgehead atoms. The van der Waals surface area contributed by atoms with Gasteiger partial charge < -0.3 is 29.3 Å². The molecule has 220 valence electrons. The third kappa shape index (κ3) is 5.67. The van der Waals surface area contributed by atoms with Crippen LogP contribution in [0.5, 0.6) is 0 Å². The molecular weight excluding hydrogens is 548 g/mol. The molecule has 3 heterocycles. The third-order valence-electron chi connectivity index (χ3n) is 8.85. The van der Waals surface area contributed by atoms with E-state index in [-0.39, 0.29) is 36.1 Å².